The van der Waals surface area contributed by atoms with Gasteiger partial charge in [-0.15, -0.1) is 0 Å². The van der Waals surface area contributed by atoms with Crippen molar-refractivity contribution in [2.45, 2.75) is 59.1 Å². The average Bonchev–Trinajstić information content (AvgIpc) is 2.11. The second kappa shape index (κ2) is 7.34. The predicted molar refractivity (Wildman–Crippen MR) is 57.9 cm³/mol. The minimum absolute atomic E-state index is 0.143. The molecule has 0 aliphatic heterocycles. The normalized spacial score (nSPS) is 16.2. The van der Waals surface area contributed by atoms with Crippen LogP contribution in [0.2, 0.25) is 0 Å². The Morgan fingerprint density at radius 2 is 1.85 bits per heavy atom. The van der Waals surface area contributed by atoms with Gasteiger partial charge < -0.3 is 10.0 Å². The molecule has 0 saturated carbocycles. The van der Waals surface area contributed by atoms with Crippen LogP contribution in [0, 0.1) is 0 Å². The van der Waals surface area contributed by atoms with E-state index in [-0.39, 0.29) is 6.10 Å². The second-order valence-corrected chi connectivity index (χ2v) is 3.88. The van der Waals surface area contributed by atoms with E-state index in [1.807, 2.05) is 6.92 Å². The lowest BCUT2D eigenvalue weighted by molar-refractivity contribution is 0.160. The fourth-order valence-electron chi connectivity index (χ4n) is 1.54. The first-order valence-electron chi connectivity index (χ1n) is 5.53. The van der Waals surface area contributed by atoms with Crippen molar-refractivity contribution in [1.82, 2.24) is 4.90 Å². The molecule has 0 aromatic heterocycles. The van der Waals surface area contributed by atoms with E-state index >= 15 is 0 Å². The van der Waals surface area contributed by atoms with Crippen LogP contribution in [0.1, 0.15) is 47.0 Å². The molecule has 0 heterocycles. The third-order valence-electron chi connectivity index (χ3n) is 2.69. The van der Waals surface area contributed by atoms with E-state index in [9.17, 15) is 0 Å². The zero-order valence-electron chi connectivity index (χ0n) is 9.58. The van der Waals surface area contributed by atoms with Crippen LogP contribution in [-0.2, 0) is 0 Å². The Kier molecular flexibility index (Phi) is 7.29. The van der Waals surface area contributed by atoms with Crippen LogP contribution in [0.5, 0.6) is 0 Å². The number of nitrogens with zero attached hydrogens (tertiary/aromatic N) is 1. The second-order valence-electron chi connectivity index (χ2n) is 3.88. The zero-order chi connectivity index (χ0) is 10.3. The molecular weight excluding hydrogens is 162 g/mol. The molecule has 0 amide bonds. The van der Waals surface area contributed by atoms with E-state index in [2.05, 4.69) is 25.7 Å². The van der Waals surface area contributed by atoms with E-state index < -0.39 is 0 Å². The van der Waals surface area contributed by atoms with Crippen LogP contribution in [0.3, 0.4) is 0 Å². The van der Waals surface area contributed by atoms with Crippen molar-refractivity contribution in [2.75, 3.05) is 13.1 Å². The van der Waals surface area contributed by atoms with E-state index in [1.165, 1.54) is 6.42 Å². The molecule has 0 aliphatic carbocycles. The highest BCUT2D eigenvalue weighted by Crippen LogP contribution is 2.06. The summed E-state index contributed by atoms with van der Waals surface area (Å²) in [4.78, 5) is 2.47. The number of rotatable bonds is 7. The van der Waals surface area contributed by atoms with Gasteiger partial charge in [0.25, 0.3) is 0 Å². The van der Waals surface area contributed by atoms with E-state index in [4.69, 9.17) is 5.11 Å². The summed E-state index contributed by atoms with van der Waals surface area (Å²) in [7, 11) is 0. The van der Waals surface area contributed by atoms with Gasteiger partial charge in [-0.1, -0.05) is 13.8 Å². The molecule has 80 valence electrons. The molecular formula is C11H25NO. The monoisotopic (exact) mass is 187 g/mol. The summed E-state index contributed by atoms with van der Waals surface area (Å²) < 4.78 is 0. The van der Waals surface area contributed by atoms with E-state index in [0.717, 1.165) is 25.9 Å². The van der Waals surface area contributed by atoms with Gasteiger partial charge >= 0.3 is 0 Å². The fraction of sp³-hybridized carbons (Fsp3) is 1.00. The minimum Gasteiger partial charge on any atom is -0.393 e. The van der Waals surface area contributed by atoms with Crippen molar-refractivity contribution in [3.63, 3.8) is 0 Å². The summed E-state index contributed by atoms with van der Waals surface area (Å²) in [6.07, 6.45) is 3.10. The Balaban J connectivity index is 3.59. The van der Waals surface area contributed by atoms with Crippen LogP contribution in [0.25, 0.3) is 0 Å². The molecule has 0 aliphatic rings. The van der Waals surface area contributed by atoms with Crippen LogP contribution >= 0.6 is 0 Å². The molecule has 0 rings (SSSR count). The lowest BCUT2D eigenvalue weighted by Gasteiger charge is -2.26. The molecule has 2 nitrogen and oxygen atoms in total. The summed E-state index contributed by atoms with van der Waals surface area (Å²) in [6.45, 7) is 10.8. The van der Waals surface area contributed by atoms with Gasteiger partial charge in [-0.25, -0.2) is 0 Å². The van der Waals surface area contributed by atoms with Crippen LogP contribution < -0.4 is 0 Å². The van der Waals surface area contributed by atoms with Gasteiger partial charge in [0.15, 0.2) is 0 Å². The lowest BCUT2D eigenvalue weighted by Crippen LogP contribution is -2.33. The molecule has 13 heavy (non-hydrogen) atoms. The molecule has 2 atom stereocenters. The Bertz CT molecular complexity index is 115. The van der Waals surface area contributed by atoms with Crippen LogP contribution in [-0.4, -0.2) is 35.2 Å². The van der Waals surface area contributed by atoms with Gasteiger partial charge in [0, 0.05) is 6.04 Å². The topological polar surface area (TPSA) is 23.5 Å². The Morgan fingerprint density at radius 1 is 1.23 bits per heavy atom. The average molecular weight is 187 g/mol. The molecule has 0 aromatic carbocycles. The summed E-state index contributed by atoms with van der Waals surface area (Å²) in [5, 5.41) is 9.12. The largest absolute Gasteiger partial charge is 0.393 e. The minimum atomic E-state index is -0.143. The van der Waals surface area contributed by atoms with Crippen molar-refractivity contribution in [1.29, 1.82) is 0 Å². The van der Waals surface area contributed by atoms with Gasteiger partial charge in [0.05, 0.1) is 6.10 Å². The number of hydrogen-bond acceptors (Lipinski definition) is 2. The first-order chi connectivity index (χ1) is 6.11. The van der Waals surface area contributed by atoms with E-state index in [0.29, 0.717) is 6.04 Å². The molecule has 0 saturated heterocycles. The van der Waals surface area contributed by atoms with Crippen LogP contribution in [0.15, 0.2) is 0 Å². The first kappa shape index (κ1) is 12.9. The Hall–Kier alpha value is -0.0800. The van der Waals surface area contributed by atoms with Crippen LogP contribution in [0.4, 0.5) is 0 Å². The molecule has 2 heteroatoms. The summed E-state index contributed by atoms with van der Waals surface area (Å²) in [5.74, 6) is 0. The van der Waals surface area contributed by atoms with Gasteiger partial charge in [-0.05, 0) is 46.2 Å². The molecule has 0 spiro atoms. The SMILES string of the molecule is CCC(C)N(CC)CCCC(C)O. The molecule has 0 fully saturated rings. The molecule has 1 N–H and O–H groups in total. The maximum Gasteiger partial charge on any atom is 0.0512 e. The fourth-order valence-corrected chi connectivity index (χ4v) is 1.54. The van der Waals surface area contributed by atoms with Crippen molar-refractivity contribution < 1.29 is 5.11 Å². The third kappa shape index (κ3) is 6.05. The quantitative estimate of drug-likeness (QED) is 0.661. The highest BCUT2D eigenvalue weighted by molar-refractivity contribution is 4.64. The number of hydrogen-bond donors (Lipinski definition) is 1. The van der Waals surface area contributed by atoms with Crippen molar-refractivity contribution >= 4 is 0 Å². The molecule has 0 radical (unpaired) electrons. The summed E-state index contributed by atoms with van der Waals surface area (Å²) in [5.41, 5.74) is 0. The number of aliphatic hydroxyl groups is 1. The third-order valence-corrected chi connectivity index (χ3v) is 2.69. The Morgan fingerprint density at radius 3 is 2.23 bits per heavy atom. The molecule has 0 bridgehead atoms. The highest BCUT2D eigenvalue weighted by Gasteiger charge is 2.09. The standard InChI is InChI=1S/C11H25NO/c1-5-10(3)12(6-2)9-7-8-11(4)13/h10-11,13H,5-9H2,1-4H3. The first-order valence-corrected chi connectivity index (χ1v) is 5.53. The van der Waals surface area contributed by atoms with Gasteiger partial charge in [-0.3, -0.25) is 0 Å². The molecule has 0 aromatic rings. The number of aliphatic hydroxyl groups excluding tert-OH is 1. The maximum atomic E-state index is 9.12. The Labute approximate surface area is 82.9 Å². The zero-order valence-corrected chi connectivity index (χ0v) is 9.58. The van der Waals surface area contributed by atoms with Crippen molar-refractivity contribution in [2.24, 2.45) is 0 Å². The van der Waals surface area contributed by atoms with Crippen molar-refractivity contribution in [3.05, 3.63) is 0 Å². The highest BCUT2D eigenvalue weighted by atomic mass is 16.3. The smallest absolute Gasteiger partial charge is 0.0512 e. The maximum absolute atomic E-state index is 9.12. The van der Waals surface area contributed by atoms with Crippen molar-refractivity contribution in [3.8, 4) is 0 Å². The van der Waals surface area contributed by atoms with E-state index in [1.54, 1.807) is 0 Å². The van der Waals surface area contributed by atoms with Gasteiger partial charge in [0.2, 0.25) is 0 Å². The predicted octanol–water partition coefficient (Wildman–Crippen LogP) is 2.27. The summed E-state index contributed by atoms with van der Waals surface area (Å²) >= 11 is 0. The van der Waals surface area contributed by atoms with Gasteiger partial charge in [0.1, 0.15) is 0 Å². The summed E-state index contributed by atoms with van der Waals surface area (Å²) in [6, 6.07) is 0.680. The lowest BCUT2D eigenvalue weighted by atomic mass is 10.1. The van der Waals surface area contributed by atoms with Gasteiger partial charge in [-0.2, -0.15) is 0 Å². The molecule has 2 unspecified atom stereocenters.